The highest BCUT2D eigenvalue weighted by atomic mass is 32.1. The molecular formula is C21H19N3O2S. The van der Waals surface area contributed by atoms with Crippen molar-refractivity contribution < 1.29 is 9.53 Å². The zero-order valence-electron chi connectivity index (χ0n) is 15.1. The Bertz CT molecular complexity index is 1090. The van der Waals surface area contributed by atoms with Crippen LogP contribution in [0.4, 0.5) is 5.69 Å². The minimum atomic E-state index is -0.288. The molecule has 27 heavy (non-hydrogen) atoms. The first-order chi connectivity index (χ1) is 13.1. The summed E-state index contributed by atoms with van der Waals surface area (Å²) in [6, 6.07) is 15.5. The third kappa shape index (κ3) is 2.16. The van der Waals surface area contributed by atoms with Gasteiger partial charge in [-0.2, -0.15) is 0 Å². The smallest absolute Gasteiger partial charge is 0.256 e. The van der Waals surface area contributed by atoms with Crippen LogP contribution in [0.15, 0.2) is 48.5 Å². The van der Waals surface area contributed by atoms with E-state index in [0.717, 1.165) is 11.2 Å². The van der Waals surface area contributed by atoms with E-state index in [2.05, 4.69) is 28.9 Å². The average molecular weight is 377 g/mol. The number of hydrogen-bond acceptors (Lipinski definition) is 3. The minimum Gasteiger partial charge on any atom is -0.495 e. The monoisotopic (exact) mass is 377 g/mol. The van der Waals surface area contributed by atoms with Crippen LogP contribution in [0.5, 0.6) is 5.75 Å². The van der Waals surface area contributed by atoms with Gasteiger partial charge in [0.25, 0.3) is 5.91 Å². The van der Waals surface area contributed by atoms with Crippen molar-refractivity contribution >= 4 is 39.8 Å². The lowest BCUT2D eigenvalue weighted by molar-refractivity contribution is -0.120. The van der Waals surface area contributed by atoms with Gasteiger partial charge in [0.1, 0.15) is 11.8 Å². The van der Waals surface area contributed by atoms with Crippen molar-refractivity contribution in [1.82, 2.24) is 9.88 Å². The Morgan fingerprint density at radius 2 is 1.89 bits per heavy atom. The lowest BCUT2D eigenvalue weighted by Gasteiger charge is -2.34. The molecule has 3 aromatic rings. The number of thiocarbonyl (C=S) groups is 1. The van der Waals surface area contributed by atoms with Crippen molar-refractivity contribution in [2.75, 3.05) is 12.0 Å². The molecular weight excluding hydrogens is 358 g/mol. The first kappa shape index (κ1) is 16.3. The molecule has 5 nitrogen and oxygen atoms in total. The van der Waals surface area contributed by atoms with Crippen molar-refractivity contribution in [3.05, 3.63) is 59.8 Å². The van der Waals surface area contributed by atoms with Crippen LogP contribution < -0.4 is 9.64 Å². The summed E-state index contributed by atoms with van der Waals surface area (Å²) in [7, 11) is 1.61. The Hall–Kier alpha value is -2.86. The molecule has 2 atom stereocenters. The largest absolute Gasteiger partial charge is 0.495 e. The molecule has 1 saturated heterocycles. The maximum atomic E-state index is 13.4. The molecule has 0 aliphatic carbocycles. The molecule has 2 unspecified atom stereocenters. The topological polar surface area (TPSA) is 48.6 Å². The third-order valence-corrected chi connectivity index (χ3v) is 6.05. The van der Waals surface area contributed by atoms with Gasteiger partial charge in [-0.25, -0.2) is 0 Å². The number of rotatable bonds is 2. The molecule has 6 heteroatoms. The van der Waals surface area contributed by atoms with Gasteiger partial charge in [-0.15, -0.1) is 0 Å². The minimum absolute atomic E-state index is 0.00214. The summed E-state index contributed by atoms with van der Waals surface area (Å²) < 4.78 is 5.46. The molecule has 0 saturated carbocycles. The van der Waals surface area contributed by atoms with Gasteiger partial charge in [-0.05, 0) is 42.9 Å². The van der Waals surface area contributed by atoms with E-state index in [-0.39, 0.29) is 18.0 Å². The summed E-state index contributed by atoms with van der Waals surface area (Å²) in [5, 5.41) is 1.72. The van der Waals surface area contributed by atoms with E-state index in [1.807, 2.05) is 36.4 Å². The first-order valence-electron chi connectivity index (χ1n) is 9.00. The molecule has 2 aliphatic rings. The van der Waals surface area contributed by atoms with Crippen LogP contribution in [0.2, 0.25) is 0 Å². The molecule has 2 aliphatic heterocycles. The Balaban J connectivity index is 1.61. The van der Waals surface area contributed by atoms with Crippen molar-refractivity contribution in [3.63, 3.8) is 0 Å². The molecule has 1 aromatic heterocycles. The lowest BCUT2D eigenvalue weighted by Crippen LogP contribution is -2.42. The van der Waals surface area contributed by atoms with E-state index in [1.54, 1.807) is 12.0 Å². The van der Waals surface area contributed by atoms with E-state index >= 15 is 0 Å². The van der Waals surface area contributed by atoms with E-state index in [1.165, 1.54) is 10.9 Å². The number of nitrogens with zero attached hydrogens (tertiary/aromatic N) is 2. The summed E-state index contributed by atoms with van der Waals surface area (Å²) in [6.07, 6.45) is 0.647. The molecule has 0 radical (unpaired) electrons. The predicted molar refractivity (Wildman–Crippen MR) is 109 cm³/mol. The van der Waals surface area contributed by atoms with Crippen LogP contribution in [0.25, 0.3) is 10.9 Å². The van der Waals surface area contributed by atoms with Gasteiger partial charge >= 0.3 is 0 Å². The molecule has 2 aromatic carbocycles. The first-order valence-corrected chi connectivity index (χ1v) is 9.41. The van der Waals surface area contributed by atoms with Crippen LogP contribution in [-0.4, -0.2) is 34.1 Å². The van der Waals surface area contributed by atoms with Crippen LogP contribution in [0, 0.1) is 0 Å². The van der Waals surface area contributed by atoms with Gasteiger partial charge in [0.05, 0.1) is 18.8 Å². The molecule has 1 fully saturated rings. The number of para-hydroxylation sites is 3. The van der Waals surface area contributed by atoms with Crippen LogP contribution >= 0.6 is 12.2 Å². The predicted octanol–water partition coefficient (Wildman–Crippen LogP) is 3.80. The van der Waals surface area contributed by atoms with Crippen molar-refractivity contribution in [2.45, 2.75) is 25.4 Å². The van der Waals surface area contributed by atoms with Crippen molar-refractivity contribution in [1.29, 1.82) is 0 Å². The van der Waals surface area contributed by atoms with E-state index in [4.69, 9.17) is 17.0 Å². The number of benzene rings is 2. The lowest BCUT2D eigenvalue weighted by atomic mass is 9.93. The van der Waals surface area contributed by atoms with Crippen molar-refractivity contribution in [3.8, 4) is 5.75 Å². The highest BCUT2D eigenvalue weighted by molar-refractivity contribution is 7.80. The van der Waals surface area contributed by atoms with Crippen LogP contribution in [-0.2, 0) is 11.2 Å². The standard InChI is InChI=1S/C21H19N3O2S/c1-12-19-14(13-7-3-4-8-15(13)22-19)11-17-20(25)24(21(27)23(12)17)16-9-5-6-10-18(16)26-2/h3-10,12,17,22H,11H2,1-2H3. The Kier molecular flexibility index (Phi) is 3.52. The molecule has 3 heterocycles. The van der Waals surface area contributed by atoms with Crippen LogP contribution in [0.1, 0.15) is 24.2 Å². The fourth-order valence-corrected chi connectivity index (χ4v) is 4.87. The normalized spacial score (nSPS) is 21.6. The quantitative estimate of drug-likeness (QED) is 0.690. The summed E-state index contributed by atoms with van der Waals surface area (Å²) in [4.78, 5) is 20.6. The second kappa shape index (κ2) is 5.82. The van der Waals surface area contributed by atoms with Gasteiger partial charge in [-0.3, -0.25) is 9.69 Å². The number of fused-ring (bicyclic) bond motifs is 4. The number of H-pyrrole nitrogens is 1. The fraction of sp³-hybridized carbons (Fsp3) is 0.238. The Morgan fingerprint density at radius 3 is 2.70 bits per heavy atom. The molecule has 1 amide bonds. The summed E-state index contributed by atoms with van der Waals surface area (Å²) in [6.45, 7) is 2.10. The number of amides is 1. The number of carbonyl (C=O) groups is 1. The van der Waals surface area contributed by atoms with Crippen LogP contribution in [0.3, 0.4) is 0 Å². The summed E-state index contributed by atoms with van der Waals surface area (Å²) in [5.41, 5.74) is 4.17. The molecule has 0 spiro atoms. The number of carbonyl (C=O) groups excluding carboxylic acids is 1. The number of anilines is 1. The summed E-state index contributed by atoms with van der Waals surface area (Å²) >= 11 is 5.75. The van der Waals surface area contributed by atoms with Gasteiger partial charge in [0.2, 0.25) is 0 Å². The zero-order chi connectivity index (χ0) is 18.7. The van der Waals surface area contributed by atoms with Gasteiger partial charge in [0.15, 0.2) is 5.11 Å². The maximum absolute atomic E-state index is 13.4. The number of ether oxygens (including phenoxy) is 1. The van der Waals surface area contributed by atoms with Crippen molar-refractivity contribution in [2.24, 2.45) is 0 Å². The second-order valence-corrected chi connectivity index (χ2v) is 7.36. The second-order valence-electron chi connectivity index (χ2n) is 6.99. The Morgan fingerprint density at radius 1 is 1.15 bits per heavy atom. The SMILES string of the molecule is COc1ccccc1N1C(=O)C2Cc3c([nH]c4ccccc34)C(C)N2C1=S. The Labute approximate surface area is 162 Å². The third-order valence-electron chi connectivity index (χ3n) is 5.66. The molecule has 136 valence electrons. The highest BCUT2D eigenvalue weighted by Crippen LogP contribution is 2.43. The fourth-order valence-electron chi connectivity index (χ4n) is 4.40. The highest BCUT2D eigenvalue weighted by Gasteiger charge is 2.49. The zero-order valence-corrected chi connectivity index (χ0v) is 15.9. The van der Waals surface area contributed by atoms with Gasteiger partial charge < -0.3 is 14.6 Å². The number of aromatic amines is 1. The molecule has 5 rings (SSSR count). The van der Waals surface area contributed by atoms with Gasteiger partial charge in [0, 0.05) is 23.0 Å². The number of nitrogens with one attached hydrogen (secondary N) is 1. The van der Waals surface area contributed by atoms with E-state index < -0.39 is 0 Å². The average Bonchev–Trinajstić information content (AvgIpc) is 3.18. The molecule has 1 N–H and O–H groups in total. The summed E-state index contributed by atoms with van der Waals surface area (Å²) in [5.74, 6) is 0.650. The van der Waals surface area contributed by atoms with Gasteiger partial charge in [-0.1, -0.05) is 30.3 Å². The van der Waals surface area contributed by atoms with E-state index in [0.29, 0.717) is 23.0 Å². The number of hydrogen-bond donors (Lipinski definition) is 1. The number of methoxy groups -OCH3 is 1. The maximum Gasteiger partial charge on any atom is 0.256 e. The molecule has 0 bridgehead atoms. The van der Waals surface area contributed by atoms with E-state index in [9.17, 15) is 4.79 Å². The number of aromatic nitrogens is 1.